The van der Waals surface area contributed by atoms with E-state index in [0.29, 0.717) is 11.4 Å². The van der Waals surface area contributed by atoms with Gasteiger partial charge in [-0.25, -0.2) is 4.79 Å². The van der Waals surface area contributed by atoms with Gasteiger partial charge >= 0.3 is 18.0 Å². The van der Waals surface area contributed by atoms with Crippen LogP contribution in [0.5, 0.6) is 0 Å². The predicted octanol–water partition coefficient (Wildman–Crippen LogP) is -0.870. The lowest BCUT2D eigenvalue weighted by molar-refractivity contribution is -0.145. The van der Waals surface area contributed by atoms with Gasteiger partial charge in [0.2, 0.25) is 5.91 Å². The lowest BCUT2D eigenvalue weighted by atomic mass is 9.98. The maximum atomic E-state index is 12.4. The van der Waals surface area contributed by atoms with Crippen molar-refractivity contribution >= 4 is 23.9 Å². The van der Waals surface area contributed by atoms with Crippen LogP contribution in [-0.2, 0) is 14.4 Å². The van der Waals surface area contributed by atoms with Gasteiger partial charge in [-0.1, -0.05) is 0 Å². The monoisotopic (exact) mass is 301 g/mol. The van der Waals surface area contributed by atoms with Gasteiger partial charge in [0.15, 0.2) is 0 Å². The molecule has 1 fully saturated rings. The molecule has 1 heterocycles. The van der Waals surface area contributed by atoms with E-state index < -0.39 is 36.6 Å². The van der Waals surface area contributed by atoms with Gasteiger partial charge in [-0.05, 0) is 13.8 Å². The van der Waals surface area contributed by atoms with Gasteiger partial charge in [-0.15, -0.1) is 0 Å². The third-order valence-corrected chi connectivity index (χ3v) is 3.36. The fourth-order valence-electron chi connectivity index (χ4n) is 2.24. The summed E-state index contributed by atoms with van der Waals surface area (Å²) in [5.41, 5.74) is -1.15. The summed E-state index contributed by atoms with van der Waals surface area (Å²) in [5, 5.41) is 17.6. The number of rotatable bonds is 4. The zero-order valence-electron chi connectivity index (χ0n) is 12.2. The number of amides is 3. The van der Waals surface area contributed by atoms with Crippen molar-refractivity contribution in [1.29, 1.82) is 0 Å². The lowest BCUT2D eigenvalue weighted by Crippen LogP contribution is -2.66. The Morgan fingerprint density at radius 1 is 1.14 bits per heavy atom. The third kappa shape index (κ3) is 3.61. The Balaban J connectivity index is 2.99. The SMILES string of the molecule is CN1CCN(C(=O)N(CC(=O)O)CC(=O)O)C(C)(C)C1=O. The Morgan fingerprint density at radius 3 is 2.05 bits per heavy atom. The summed E-state index contributed by atoms with van der Waals surface area (Å²) in [4.78, 5) is 49.4. The Labute approximate surface area is 121 Å². The molecule has 1 saturated heterocycles. The van der Waals surface area contributed by atoms with Gasteiger partial charge in [-0.3, -0.25) is 14.4 Å². The van der Waals surface area contributed by atoms with Crippen LogP contribution >= 0.6 is 0 Å². The van der Waals surface area contributed by atoms with E-state index in [1.54, 1.807) is 20.9 Å². The molecule has 0 unspecified atom stereocenters. The van der Waals surface area contributed by atoms with Crippen LogP contribution in [-0.4, -0.2) is 87.6 Å². The fourth-order valence-corrected chi connectivity index (χ4v) is 2.24. The summed E-state index contributed by atoms with van der Waals surface area (Å²) in [5.74, 6) is -2.92. The number of carboxylic acid groups (broad SMARTS) is 2. The van der Waals surface area contributed by atoms with Crippen LogP contribution in [0.2, 0.25) is 0 Å². The maximum Gasteiger partial charge on any atom is 0.323 e. The first kappa shape index (κ1) is 16.7. The third-order valence-electron chi connectivity index (χ3n) is 3.36. The number of carbonyl (C=O) groups excluding carboxylic acids is 2. The molecule has 0 aromatic heterocycles. The normalized spacial score (nSPS) is 17.6. The second-order valence-corrected chi connectivity index (χ2v) is 5.36. The van der Waals surface area contributed by atoms with Gasteiger partial charge < -0.3 is 24.9 Å². The van der Waals surface area contributed by atoms with E-state index >= 15 is 0 Å². The molecule has 118 valence electrons. The number of aliphatic carboxylic acids is 2. The van der Waals surface area contributed by atoms with E-state index in [0.717, 1.165) is 0 Å². The number of hydrogen-bond donors (Lipinski definition) is 2. The molecule has 0 aliphatic carbocycles. The van der Waals surface area contributed by atoms with E-state index in [2.05, 4.69) is 0 Å². The highest BCUT2D eigenvalue weighted by molar-refractivity contribution is 5.93. The van der Waals surface area contributed by atoms with Crippen LogP contribution in [0.1, 0.15) is 13.8 Å². The van der Waals surface area contributed by atoms with E-state index in [4.69, 9.17) is 10.2 Å². The Bertz CT molecular complexity index is 460. The van der Waals surface area contributed by atoms with Gasteiger partial charge in [0.05, 0.1) is 0 Å². The summed E-state index contributed by atoms with van der Waals surface area (Å²) in [6, 6.07) is -0.772. The smallest absolute Gasteiger partial charge is 0.323 e. The van der Waals surface area contributed by atoms with Crippen molar-refractivity contribution < 1.29 is 29.4 Å². The van der Waals surface area contributed by atoms with E-state index in [1.165, 1.54) is 9.80 Å². The molecule has 21 heavy (non-hydrogen) atoms. The quantitative estimate of drug-likeness (QED) is 0.697. The summed E-state index contributed by atoms with van der Waals surface area (Å²) < 4.78 is 0. The number of nitrogens with zero attached hydrogens (tertiary/aromatic N) is 3. The number of carbonyl (C=O) groups is 4. The van der Waals surface area contributed by atoms with E-state index in [9.17, 15) is 19.2 Å². The molecular formula is C12H19N3O6. The summed E-state index contributed by atoms with van der Waals surface area (Å²) in [6.07, 6.45) is 0. The van der Waals surface area contributed by atoms with Crippen molar-refractivity contribution in [2.75, 3.05) is 33.2 Å². The lowest BCUT2D eigenvalue weighted by Gasteiger charge is -2.45. The molecule has 0 bridgehead atoms. The van der Waals surface area contributed by atoms with Gasteiger partial charge in [0.25, 0.3) is 0 Å². The molecule has 1 rings (SSSR count). The van der Waals surface area contributed by atoms with Crippen LogP contribution in [0.25, 0.3) is 0 Å². The molecule has 1 aliphatic heterocycles. The molecule has 2 N–H and O–H groups in total. The molecule has 9 heteroatoms. The molecule has 9 nitrogen and oxygen atoms in total. The van der Waals surface area contributed by atoms with Gasteiger partial charge in [0, 0.05) is 20.1 Å². The number of hydrogen-bond acceptors (Lipinski definition) is 4. The van der Waals surface area contributed by atoms with Crippen LogP contribution in [0.15, 0.2) is 0 Å². The predicted molar refractivity (Wildman–Crippen MR) is 70.7 cm³/mol. The molecule has 0 aromatic carbocycles. The van der Waals surface area contributed by atoms with Crippen LogP contribution in [0.3, 0.4) is 0 Å². The second kappa shape index (κ2) is 5.98. The summed E-state index contributed by atoms with van der Waals surface area (Å²) in [6.45, 7) is 2.14. The zero-order chi connectivity index (χ0) is 16.4. The Hall–Kier alpha value is -2.32. The van der Waals surface area contributed by atoms with Gasteiger partial charge in [0.1, 0.15) is 18.6 Å². The number of piperazine rings is 1. The molecule has 3 amide bonds. The van der Waals surface area contributed by atoms with Crippen molar-refractivity contribution in [2.24, 2.45) is 0 Å². The summed E-state index contributed by atoms with van der Waals surface area (Å²) >= 11 is 0. The van der Waals surface area contributed by atoms with Crippen molar-refractivity contribution in [3.05, 3.63) is 0 Å². The molecule has 0 aromatic rings. The van der Waals surface area contributed by atoms with Crippen LogP contribution < -0.4 is 0 Å². The fraction of sp³-hybridized carbons (Fsp3) is 0.667. The van der Waals surface area contributed by atoms with Gasteiger partial charge in [-0.2, -0.15) is 0 Å². The van der Waals surface area contributed by atoms with Crippen molar-refractivity contribution in [2.45, 2.75) is 19.4 Å². The zero-order valence-corrected chi connectivity index (χ0v) is 12.2. The molecule has 1 aliphatic rings. The molecule has 0 atom stereocenters. The minimum absolute atomic E-state index is 0.212. The maximum absolute atomic E-state index is 12.4. The molecule has 0 spiro atoms. The Kier molecular flexibility index (Phi) is 4.77. The standard InChI is InChI=1S/C12H19N3O6/c1-12(2)10(20)13(3)4-5-15(12)11(21)14(6-8(16)17)7-9(18)19/h4-7H2,1-3H3,(H,16,17)(H,18,19). The highest BCUT2D eigenvalue weighted by Crippen LogP contribution is 2.23. The molecule has 0 saturated carbocycles. The van der Waals surface area contributed by atoms with Crippen molar-refractivity contribution in [3.8, 4) is 0 Å². The highest BCUT2D eigenvalue weighted by atomic mass is 16.4. The minimum Gasteiger partial charge on any atom is -0.480 e. The van der Waals surface area contributed by atoms with Crippen molar-refractivity contribution in [1.82, 2.24) is 14.7 Å². The van der Waals surface area contributed by atoms with Crippen LogP contribution in [0, 0.1) is 0 Å². The minimum atomic E-state index is -1.32. The second-order valence-electron chi connectivity index (χ2n) is 5.36. The number of urea groups is 1. The van der Waals surface area contributed by atoms with E-state index in [-0.39, 0.29) is 12.5 Å². The Morgan fingerprint density at radius 2 is 1.62 bits per heavy atom. The summed E-state index contributed by atoms with van der Waals surface area (Å²) in [7, 11) is 1.61. The molecular weight excluding hydrogens is 282 g/mol. The first-order valence-electron chi connectivity index (χ1n) is 6.33. The highest BCUT2D eigenvalue weighted by Gasteiger charge is 2.44. The molecule has 0 radical (unpaired) electrons. The topological polar surface area (TPSA) is 118 Å². The first-order chi connectivity index (χ1) is 9.57. The van der Waals surface area contributed by atoms with Crippen molar-refractivity contribution in [3.63, 3.8) is 0 Å². The first-order valence-corrected chi connectivity index (χ1v) is 6.33. The van der Waals surface area contributed by atoms with Crippen LogP contribution in [0.4, 0.5) is 4.79 Å². The largest absolute Gasteiger partial charge is 0.480 e. The number of likely N-dealkylation sites (N-methyl/N-ethyl adjacent to an activating group) is 1. The average molecular weight is 301 g/mol. The van der Waals surface area contributed by atoms with E-state index in [1.807, 2.05) is 0 Å². The average Bonchev–Trinajstić information content (AvgIpc) is 2.33. The number of carboxylic acids is 2.